The minimum atomic E-state index is -0.0103. The molecular formula is C20H22ClN5O. The number of nitrogen functional groups attached to an aromatic ring is 1. The lowest BCUT2D eigenvalue weighted by molar-refractivity contribution is 0.0465. The Balaban J connectivity index is 1.29. The first kappa shape index (κ1) is 16.8. The van der Waals surface area contributed by atoms with Crippen molar-refractivity contribution in [1.29, 1.82) is 0 Å². The van der Waals surface area contributed by atoms with Gasteiger partial charge in [0.2, 0.25) is 0 Å². The number of fused-ring (bicyclic) bond motifs is 1. The third-order valence-electron chi connectivity index (χ3n) is 6.49. The number of rotatable bonds is 3. The lowest BCUT2D eigenvalue weighted by Crippen LogP contribution is -2.39. The first-order valence-electron chi connectivity index (χ1n) is 9.47. The van der Waals surface area contributed by atoms with Crippen molar-refractivity contribution in [3.63, 3.8) is 0 Å². The summed E-state index contributed by atoms with van der Waals surface area (Å²) in [4.78, 5) is 20.6. The third-order valence-corrected chi connectivity index (χ3v) is 6.82. The van der Waals surface area contributed by atoms with Crippen molar-refractivity contribution in [3.8, 4) is 0 Å². The number of hydrogen-bond donors (Lipinski definition) is 1. The summed E-state index contributed by atoms with van der Waals surface area (Å²) in [6.45, 7) is 0.723. The van der Waals surface area contributed by atoms with Crippen LogP contribution in [0.4, 0.5) is 5.82 Å². The Morgan fingerprint density at radius 1 is 1.22 bits per heavy atom. The van der Waals surface area contributed by atoms with E-state index in [1.807, 2.05) is 6.07 Å². The Kier molecular flexibility index (Phi) is 3.79. The molecular weight excluding hydrogens is 362 g/mol. The highest BCUT2D eigenvalue weighted by Crippen LogP contribution is 2.59. The Morgan fingerprint density at radius 2 is 2.07 bits per heavy atom. The van der Waals surface area contributed by atoms with Crippen molar-refractivity contribution in [3.05, 3.63) is 52.3 Å². The summed E-state index contributed by atoms with van der Waals surface area (Å²) in [5.74, 6) is 1.07. The van der Waals surface area contributed by atoms with Crippen molar-refractivity contribution in [2.75, 3.05) is 5.73 Å². The standard InChI is InChI=1S/C20H22ClN5O/c21-16-2-1-3-17(27)26(16)11-13-8-20(9-13)6-4-14(10-20)25-7-5-15-18(22)23-12-24-19(15)25/h1-3,5,7,12-14H,4,6,8-11H2,(H2,22,23,24)/t13?,14-,20?/m0/s1. The van der Waals surface area contributed by atoms with Crippen LogP contribution in [-0.2, 0) is 6.54 Å². The van der Waals surface area contributed by atoms with Gasteiger partial charge in [-0.3, -0.25) is 9.36 Å². The molecule has 0 aliphatic heterocycles. The molecule has 1 spiro atoms. The zero-order valence-electron chi connectivity index (χ0n) is 15.0. The minimum Gasteiger partial charge on any atom is -0.383 e. The van der Waals surface area contributed by atoms with Gasteiger partial charge in [0.25, 0.3) is 5.56 Å². The van der Waals surface area contributed by atoms with Crippen LogP contribution in [0, 0.1) is 11.3 Å². The molecule has 2 fully saturated rings. The Bertz CT molecular complexity index is 1070. The van der Waals surface area contributed by atoms with Gasteiger partial charge in [0.1, 0.15) is 22.9 Å². The quantitative estimate of drug-likeness (QED) is 0.700. The fourth-order valence-corrected chi connectivity index (χ4v) is 5.52. The number of nitrogens with two attached hydrogens (primary N) is 1. The van der Waals surface area contributed by atoms with Crippen LogP contribution in [0.1, 0.15) is 38.1 Å². The van der Waals surface area contributed by atoms with Gasteiger partial charge < -0.3 is 10.3 Å². The third kappa shape index (κ3) is 2.74. The smallest absolute Gasteiger partial charge is 0.251 e. The lowest BCUT2D eigenvalue weighted by atomic mass is 9.61. The molecule has 27 heavy (non-hydrogen) atoms. The maximum Gasteiger partial charge on any atom is 0.251 e. The van der Waals surface area contributed by atoms with Gasteiger partial charge in [0, 0.05) is 24.8 Å². The largest absolute Gasteiger partial charge is 0.383 e. The normalized spacial score (nSPS) is 27.3. The molecule has 7 heteroatoms. The fraction of sp³-hybridized carbons (Fsp3) is 0.450. The first-order chi connectivity index (χ1) is 13.0. The van der Waals surface area contributed by atoms with E-state index in [0.29, 0.717) is 28.3 Å². The van der Waals surface area contributed by atoms with Gasteiger partial charge in [-0.05, 0) is 55.6 Å². The molecule has 0 amide bonds. The molecule has 3 heterocycles. The number of anilines is 1. The molecule has 5 rings (SSSR count). The van der Waals surface area contributed by atoms with Gasteiger partial charge in [0.15, 0.2) is 0 Å². The molecule has 0 unspecified atom stereocenters. The predicted molar refractivity (Wildman–Crippen MR) is 106 cm³/mol. The maximum atomic E-state index is 12.0. The summed E-state index contributed by atoms with van der Waals surface area (Å²) in [7, 11) is 0. The van der Waals surface area contributed by atoms with Gasteiger partial charge in [-0.2, -0.15) is 0 Å². The van der Waals surface area contributed by atoms with Crippen molar-refractivity contribution in [2.45, 2.75) is 44.7 Å². The van der Waals surface area contributed by atoms with E-state index in [9.17, 15) is 4.79 Å². The second-order valence-electron chi connectivity index (χ2n) is 8.19. The van der Waals surface area contributed by atoms with Crippen molar-refractivity contribution in [2.24, 2.45) is 11.3 Å². The molecule has 140 valence electrons. The van der Waals surface area contributed by atoms with E-state index >= 15 is 0 Å². The highest BCUT2D eigenvalue weighted by molar-refractivity contribution is 6.29. The number of aromatic nitrogens is 4. The van der Waals surface area contributed by atoms with E-state index in [1.165, 1.54) is 6.42 Å². The summed E-state index contributed by atoms with van der Waals surface area (Å²) in [5, 5.41) is 1.46. The van der Waals surface area contributed by atoms with Crippen LogP contribution < -0.4 is 11.3 Å². The summed E-state index contributed by atoms with van der Waals surface area (Å²) in [6.07, 6.45) is 9.51. The second kappa shape index (κ2) is 6.09. The van der Waals surface area contributed by atoms with E-state index in [-0.39, 0.29) is 5.56 Å². The average Bonchev–Trinajstić information content (AvgIpc) is 3.22. The molecule has 3 aromatic rings. The number of halogens is 1. The number of hydrogen-bond acceptors (Lipinski definition) is 4. The maximum absolute atomic E-state index is 12.0. The topological polar surface area (TPSA) is 78.7 Å². The van der Waals surface area contributed by atoms with Crippen LogP contribution in [0.2, 0.25) is 5.15 Å². The van der Waals surface area contributed by atoms with E-state index < -0.39 is 0 Å². The van der Waals surface area contributed by atoms with Crippen LogP contribution in [0.25, 0.3) is 11.0 Å². The Hall–Kier alpha value is -2.34. The number of pyridine rings is 1. The Labute approximate surface area is 162 Å². The SMILES string of the molecule is Nc1ncnc2c1ccn2[C@H]1CCC2(CC(Cn3c(Cl)cccc3=O)C2)C1. The van der Waals surface area contributed by atoms with E-state index in [0.717, 1.165) is 43.3 Å². The predicted octanol–water partition coefficient (Wildman–Crippen LogP) is 3.65. The van der Waals surface area contributed by atoms with Crippen molar-refractivity contribution in [1.82, 2.24) is 19.1 Å². The molecule has 0 saturated heterocycles. The summed E-state index contributed by atoms with van der Waals surface area (Å²) in [6, 6.07) is 7.55. The van der Waals surface area contributed by atoms with Gasteiger partial charge in [-0.1, -0.05) is 17.7 Å². The van der Waals surface area contributed by atoms with Gasteiger partial charge in [-0.15, -0.1) is 0 Å². The Morgan fingerprint density at radius 3 is 2.89 bits per heavy atom. The molecule has 1 atom stereocenters. The monoisotopic (exact) mass is 383 g/mol. The van der Waals surface area contributed by atoms with Crippen LogP contribution in [-0.4, -0.2) is 19.1 Å². The molecule has 0 radical (unpaired) electrons. The number of nitrogens with zero attached hydrogens (tertiary/aromatic N) is 4. The van der Waals surface area contributed by atoms with Gasteiger partial charge in [0.05, 0.1) is 5.39 Å². The average molecular weight is 384 g/mol. The summed E-state index contributed by atoms with van der Waals surface area (Å²) < 4.78 is 3.97. The molecule has 0 bridgehead atoms. The van der Waals surface area contributed by atoms with Crippen LogP contribution in [0.3, 0.4) is 0 Å². The van der Waals surface area contributed by atoms with E-state index in [4.69, 9.17) is 17.3 Å². The molecule has 6 nitrogen and oxygen atoms in total. The first-order valence-corrected chi connectivity index (χ1v) is 9.85. The molecule has 3 aromatic heterocycles. The zero-order chi connectivity index (χ0) is 18.6. The molecule has 2 aliphatic rings. The molecule has 0 aromatic carbocycles. The van der Waals surface area contributed by atoms with Gasteiger partial charge in [-0.25, -0.2) is 9.97 Å². The minimum absolute atomic E-state index is 0.0103. The van der Waals surface area contributed by atoms with Crippen molar-refractivity contribution < 1.29 is 0 Å². The lowest BCUT2D eigenvalue weighted by Gasteiger charge is -2.46. The van der Waals surface area contributed by atoms with Gasteiger partial charge >= 0.3 is 0 Å². The van der Waals surface area contributed by atoms with Crippen LogP contribution in [0.5, 0.6) is 0 Å². The van der Waals surface area contributed by atoms with Crippen LogP contribution >= 0.6 is 11.6 Å². The van der Waals surface area contributed by atoms with E-state index in [2.05, 4.69) is 20.7 Å². The second-order valence-corrected chi connectivity index (χ2v) is 8.57. The highest BCUT2D eigenvalue weighted by Gasteiger charge is 2.49. The molecule has 2 saturated carbocycles. The highest BCUT2D eigenvalue weighted by atomic mass is 35.5. The van der Waals surface area contributed by atoms with Crippen molar-refractivity contribution >= 4 is 28.5 Å². The fourth-order valence-electron chi connectivity index (χ4n) is 5.29. The molecule has 2 aliphatic carbocycles. The summed E-state index contributed by atoms with van der Waals surface area (Å²) >= 11 is 6.20. The molecule has 2 N–H and O–H groups in total. The summed E-state index contributed by atoms with van der Waals surface area (Å²) in [5.41, 5.74) is 7.29. The zero-order valence-corrected chi connectivity index (χ0v) is 15.8. The van der Waals surface area contributed by atoms with E-state index in [1.54, 1.807) is 29.1 Å². The van der Waals surface area contributed by atoms with Crippen LogP contribution in [0.15, 0.2) is 41.6 Å².